The summed E-state index contributed by atoms with van der Waals surface area (Å²) in [6.45, 7) is -1.80. The second kappa shape index (κ2) is 5.94. The number of likely N-dealkylation sites (N-methyl/N-ethyl adjacent to an activating group) is 1. The summed E-state index contributed by atoms with van der Waals surface area (Å²) in [6, 6.07) is 5.12. The van der Waals surface area contributed by atoms with E-state index >= 15 is 0 Å². The van der Waals surface area contributed by atoms with Gasteiger partial charge in [0.1, 0.15) is 12.7 Å². The molecule has 0 radical (unpaired) electrons. The van der Waals surface area contributed by atoms with Crippen LogP contribution in [0.2, 0.25) is 0 Å². The SMILES string of the molecule is CN(CC(O)c1ccccc1C(F)(F)CO)C(=O)[O-]. The van der Waals surface area contributed by atoms with Crippen LogP contribution in [0.3, 0.4) is 0 Å². The first-order valence-electron chi connectivity index (χ1n) is 5.48. The van der Waals surface area contributed by atoms with Crippen LogP contribution >= 0.6 is 0 Å². The minimum absolute atomic E-state index is 0.130. The average molecular weight is 274 g/mol. The molecule has 0 bridgehead atoms. The summed E-state index contributed by atoms with van der Waals surface area (Å²) in [5, 5.41) is 29.0. The quantitative estimate of drug-likeness (QED) is 0.796. The predicted octanol–water partition coefficient (Wildman–Crippen LogP) is 0.0792. The van der Waals surface area contributed by atoms with E-state index in [1.807, 2.05) is 0 Å². The molecular weight excluding hydrogens is 260 g/mol. The predicted molar refractivity (Wildman–Crippen MR) is 60.4 cm³/mol. The summed E-state index contributed by atoms with van der Waals surface area (Å²) in [6.07, 6.45) is -2.96. The maximum Gasteiger partial charge on any atom is 0.296 e. The normalized spacial score (nSPS) is 13.1. The molecule has 1 amide bonds. The van der Waals surface area contributed by atoms with Gasteiger partial charge in [-0.2, -0.15) is 8.78 Å². The van der Waals surface area contributed by atoms with Crippen LogP contribution in [0, 0.1) is 0 Å². The highest BCUT2D eigenvalue weighted by molar-refractivity contribution is 5.62. The molecule has 0 spiro atoms. The maximum atomic E-state index is 13.5. The number of amides is 1. The van der Waals surface area contributed by atoms with Gasteiger partial charge in [-0.25, -0.2) is 0 Å². The van der Waals surface area contributed by atoms with Crippen molar-refractivity contribution in [3.63, 3.8) is 0 Å². The summed E-state index contributed by atoms with van der Waals surface area (Å²) >= 11 is 0. The van der Waals surface area contributed by atoms with Crippen LogP contribution in [0.15, 0.2) is 24.3 Å². The number of carboxylic acid groups (broad SMARTS) is 1. The number of nitrogens with zero attached hydrogens (tertiary/aromatic N) is 1. The summed E-state index contributed by atoms with van der Waals surface area (Å²) in [7, 11) is 1.16. The van der Waals surface area contributed by atoms with Gasteiger partial charge in [0.15, 0.2) is 0 Å². The van der Waals surface area contributed by atoms with Gasteiger partial charge in [0.05, 0.1) is 6.10 Å². The van der Waals surface area contributed by atoms with Gasteiger partial charge in [-0.3, -0.25) is 0 Å². The molecule has 2 N–H and O–H groups in total. The number of aliphatic hydroxyl groups excluding tert-OH is 2. The molecule has 19 heavy (non-hydrogen) atoms. The topological polar surface area (TPSA) is 83.8 Å². The van der Waals surface area contributed by atoms with E-state index in [0.717, 1.165) is 13.1 Å². The molecule has 5 nitrogen and oxygen atoms in total. The highest BCUT2D eigenvalue weighted by Gasteiger charge is 2.34. The number of aliphatic hydroxyl groups is 2. The molecule has 1 rings (SSSR count). The third-order valence-electron chi connectivity index (χ3n) is 2.67. The van der Waals surface area contributed by atoms with Gasteiger partial charge in [0, 0.05) is 19.2 Å². The number of hydrogen-bond acceptors (Lipinski definition) is 4. The molecule has 106 valence electrons. The molecule has 0 saturated heterocycles. The summed E-state index contributed by atoms with van der Waals surface area (Å²) in [4.78, 5) is 11.2. The fraction of sp³-hybridized carbons (Fsp3) is 0.417. The Morgan fingerprint density at radius 2 is 2.05 bits per heavy atom. The van der Waals surface area contributed by atoms with Crippen molar-refractivity contribution in [3.8, 4) is 0 Å². The lowest BCUT2D eigenvalue weighted by molar-refractivity contribution is -0.265. The number of carbonyl (C=O) groups excluding carboxylic acids is 1. The van der Waals surface area contributed by atoms with E-state index in [1.165, 1.54) is 18.2 Å². The molecule has 1 atom stereocenters. The number of halogens is 2. The fourth-order valence-corrected chi connectivity index (χ4v) is 1.64. The number of carbonyl (C=O) groups is 1. The van der Waals surface area contributed by atoms with E-state index in [9.17, 15) is 23.8 Å². The number of rotatable bonds is 5. The van der Waals surface area contributed by atoms with Crippen molar-refractivity contribution in [2.45, 2.75) is 12.0 Å². The largest absolute Gasteiger partial charge is 0.530 e. The Morgan fingerprint density at radius 1 is 1.47 bits per heavy atom. The molecule has 0 heterocycles. The van der Waals surface area contributed by atoms with Crippen molar-refractivity contribution in [2.24, 2.45) is 0 Å². The Kier molecular flexibility index (Phi) is 4.79. The van der Waals surface area contributed by atoms with E-state index in [-0.39, 0.29) is 5.56 Å². The van der Waals surface area contributed by atoms with E-state index < -0.39 is 36.8 Å². The van der Waals surface area contributed by atoms with Crippen LogP contribution in [-0.4, -0.2) is 41.4 Å². The Balaban J connectivity index is 3.04. The second-order valence-electron chi connectivity index (χ2n) is 4.11. The van der Waals surface area contributed by atoms with Crippen molar-refractivity contribution in [3.05, 3.63) is 35.4 Å². The third-order valence-corrected chi connectivity index (χ3v) is 2.67. The number of alkyl halides is 2. The molecule has 1 aromatic rings. The maximum absolute atomic E-state index is 13.5. The molecule has 0 fully saturated rings. The number of benzene rings is 1. The van der Waals surface area contributed by atoms with Crippen LogP contribution in [0.25, 0.3) is 0 Å². The highest BCUT2D eigenvalue weighted by atomic mass is 19.3. The second-order valence-corrected chi connectivity index (χ2v) is 4.11. The van der Waals surface area contributed by atoms with Gasteiger partial charge in [-0.15, -0.1) is 0 Å². The third kappa shape index (κ3) is 3.62. The van der Waals surface area contributed by atoms with Gasteiger partial charge in [0.25, 0.3) is 5.92 Å². The van der Waals surface area contributed by atoms with E-state index in [1.54, 1.807) is 0 Å². The molecule has 1 unspecified atom stereocenters. The van der Waals surface area contributed by atoms with Crippen molar-refractivity contribution in [1.82, 2.24) is 4.90 Å². The van der Waals surface area contributed by atoms with Crippen molar-refractivity contribution in [2.75, 3.05) is 20.2 Å². The van der Waals surface area contributed by atoms with E-state index in [4.69, 9.17) is 5.11 Å². The Labute approximate surface area is 108 Å². The van der Waals surface area contributed by atoms with E-state index in [2.05, 4.69) is 0 Å². The van der Waals surface area contributed by atoms with Crippen molar-refractivity contribution < 1.29 is 28.9 Å². The average Bonchev–Trinajstić information content (AvgIpc) is 2.38. The first-order valence-corrected chi connectivity index (χ1v) is 5.48. The van der Waals surface area contributed by atoms with Crippen LogP contribution in [0.1, 0.15) is 17.2 Å². The standard InChI is InChI=1S/C12H15F2NO4/c1-15(11(18)19)6-10(17)8-4-2-3-5-9(8)12(13,14)7-16/h2-5,10,16-17H,6-7H2,1H3,(H,18,19)/p-1. The fourth-order valence-electron chi connectivity index (χ4n) is 1.64. The minimum Gasteiger partial charge on any atom is -0.530 e. The Bertz CT molecular complexity index is 453. The molecule has 1 aromatic carbocycles. The first-order chi connectivity index (χ1) is 8.79. The van der Waals surface area contributed by atoms with E-state index in [0.29, 0.717) is 4.90 Å². The smallest absolute Gasteiger partial charge is 0.296 e. The molecule has 0 aliphatic carbocycles. The minimum atomic E-state index is -3.50. The lowest BCUT2D eigenvalue weighted by Gasteiger charge is -2.26. The zero-order chi connectivity index (χ0) is 14.6. The van der Waals surface area contributed by atoms with Crippen LogP contribution in [0.4, 0.5) is 13.6 Å². The summed E-state index contributed by atoms with van der Waals surface area (Å²) in [5.74, 6) is -3.50. The van der Waals surface area contributed by atoms with Gasteiger partial charge in [-0.1, -0.05) is 24.3 Å². The molecule has 0 aromatic heterocycles. The van der Waals surface area contributed by atoms with Crippen LogP contribution in [0.5, 0.6) is 0 Å². The Morgan fingerprint density at radius 3 is 2.58 bits per heavy atom. The molecule has 0 aliphatic heterocycles. The number of hydrogen-bond donors (Lipinski definition) is 2. The van der Waals surface area contributed by atoms with Crippen molar-refractivity contribution >= 4 is 6.09 Å². The summed E-state index contributed by atoms with van der Waals surface area (Å²) < 4.78 is 27.0. The van der Waals surface area contributed by atoms with Gasteiger partial charge in [0.2, 0.25) is 0 Å². The van der Waals surface area contributed by atoms with Crippen LogP contribution < -0.4 is 5.11 Å². The van der Waals surface area contributed by atoms with Gasteiger partial charge in [-0.05, 0) is 5.56 Å². The lowest BCUT2D eigenvalue weighted by atomic mass is 9.97. The van der Waals surface area contributed by atoms with Gasteiger partial charge >= 0.3 is 0 Å². The molecular formula is C12H14F2NO4-. The van der Waals surface area contributed by atoms with Crippen molar-refractivity contribution in [1.29, 1.82) is 0 Å². The zero-order valence-corrected chi connectivity index (χ0v) is 10.2. The highest BCUT2D eigenvalue weighted by Crippen LogP contribution is 2.33. The molecule has 0 saturated carbocycles. The monoisotopic (exact) mass is 274 g/mol. The first kappa shape index (κ1) is 15.3. The van der Waals surface area contributed by atoms with Gasteiger partial charge < -0.3 is 25.0 Å². The summed E-state index contributed by atoms with van der Waals surface area (Å²) in [5.41, 5.74) is -0.661. The lowest BCUT2D eigenvalue weighted by Crippen LogP contribution is -2.40. The zero-order valence-electron chi connectivity index (χ0n) is 10.2. The Hall–Kier alpha value is -1.73. The molecule has 7 heteroatoms. The molecule has 0 aliphatic rings. The van der Waals surface area contributed by atoms with Crippen LogP contribution in [-0.2, 0) is 5.92 Å².